The number of hydrogen-bond acceptors (Lipinski definition) is 4. The second-order valence-electron chi connectivity index (χ2n) is 6.21. The van der Waals surface area contributed by atoms with Gasteiger partial charge < -0.3 is 10.3 Å². The Morgan fingerprint density at radius 2 is 1.85 bits per heavy atom. The lowest BCUT2D eigenvalue weighted by Crippen LogP contribution is -2.07. The van der Waals surface area contributed by atoms with E-state index >= 15 is 0 Å². The molecule has 0 spiro atoms. The second kappa shape index (κ2) is 9.10. The highest BCUT2D eigenvalue weighted by atomic mass is 35.5. The van der Waals surface area contributed by atoms with E-state index in [1.54, 1.807) is 11.8 Å². The summed E-state index contributed by atoms with van der Waals surface area (Å²) in [5, 5.41) is 10.6. The highest BCUT2D eigenvalue weighted by Crippen LogP contribution is 2.27. The van der Waals surface area contributed by atoms with Gasteiger partial charge in [0, 0.05) is 22.9 Å². The van der Waals surface area contributed by atoms with Gasteiger partial charge in [-0.25, -0.2) is 0 Å². The molecule has 0 bridgehead atoms. The fourth-order valence-corrected chi connectivity index (χ4v) is 3.91. The molecule has 2 aromatic carbocycles. The largest absolute Gasteiger partial charge is 0.399 e. The van der Waals surface area contributed by atoms with Crippen LogP contribution in [0.3, 0.4) is 0 Å². The van der Waals surface area contributed by atoms with Gasteiger partial charge in [0.15, 0.2) is 5.16 Å². The van der Waals surface area contributed by atoms with Crippen LogP contribution < -0.4 is 5.73 Å². The maximum Gasteiger partial charge on any atom is 0.191 e. The lowest BCUT2D eigenvalue weighted by atomic mass is 10.2. The van der Waals surface area contributed by atoms with E-state index in [9.17, 15) is 0 Å². The van der Waals surface area contributed by atoms with Gasteiger partial charge in [-0.2, -0.15) is 0 Å². The third-order valence-electron chi connectivity index (χ3n) is 4.18. The molecular formula is C20H23ClN4S. The number of hydrogen-bond donors (Lipinski definition) is 1. The minimum atomic E-state index is 0.747. The van der Waals surface area contributed by atoms with Crippen molar-refractivity contribution >= 4 is 29.1 Å². The highest BCUT2D eigenvalue weighted by molar-refractivity contribution is 7.98. The summed E-state index contributed by atoms with van der Waals surface area (Å²) in [5.74, 6) is 1.80. The molecule has 0 amide bonds. The number of benzene rings is 2. The number of unbranched alkanes of at least 4 members (excludes halogenated alkanes) is 1. The van der Waals surface area contributed by atoms with Gasteiger partial charge in [0.2, 0.25) is 0 Å². The Bertz CT molecular complexity index is 845. The number of aromatic nitrogens is 3. The molecule has 0 fully saturated rings. The van der Waals surface area contributed by atoms with Crippen molar-refractivity contribution in [1.82, 2.24) is 14.8 Å². The normalized spacial score (nSPS) is 11.0. The maximum atomic E-state index is 6.28. The molecule has 6 heteroatoms. The minimum Gasteiger partial charge on any atom is -0.399 e. The molecule has 2 N–H and O–H groups in total. The lowest BCUT2D eigenvalue weighted by molar-refractivity contribution is 0.642. The molecule has 136 valence electrons. The Balaban J connectivity index is 1.80. The molecule has 1 heterocycles. The lowest BCUT2D eigenvalue weighted by Gasteiger charge is -2.11. The molecule has 0 saturated carbocycles. The van der Waals surface area contributed by atoms with Gasteiger partial charge in [0.1, 0.15) is 5.82 Å². The van der Waals surface area contributed by atoms with Crippen molar-refractivity contribution in [1.29, 1.82) is 0 Å². The van der Waals surface area contributed by atoms with Gasteiger partial charge >= 0.3 is 0 Å². The molecule has 0 aliphatic heterocycles. The van der Waals surface area contributed by atoms with Gasteiger partial charge in [-0.3, -0.25) is 0 Å². The maximum absolute atomic E-state index is 6.28. The Labute approximate surface area is 163 Å². The quantitative estimate of drug-likeness (QED) is 0.427. The number of halogens is 1. The average Bonchev–Trinajstić information content (AvgIpc) is 3.03. The van der Waals surface area contributed by atoms with E-state index in [0.29, 0.717) is 0 Å². The molecular weight excluding hydrogens is 364 g/mol. The van der Waals surface area contributed by atoms with Crippen molar-refractivity contribution in [3.63, 3.8) is 0 Å². The zero-order valence-corrected chi connectivity index (χ0v) is 16.4. The number of rotatable bonds is 8. The third-order valence-corrected chi connectivity index (χ3v) is 5.57. The molecule has 3 aromatic rings. The monoisotopic (exact) mass is 386 g/mol. The molecule has 0 aliphatic rings. The Hall–Kier alpha value is -1.98. The fraction of sp³-hybridized carbons (Fsp3) is 0.300. The predicted octanol–water partition coefficient (Wildman–Crippen LogP) is 5.20. The van der Waals surface area contributed by atoms with Crippen molar-refractivity contribution in [3.8, 4) is 0 Å². The first-order chi connectivity index (χ1) is 12.7. The van der Waals surface area contributed by atoms with Crippen molar-refractivity contribution in [2.24, 2.45) is 0 Å². The van der Waals surface area contributed by atoms with Crippen molar-refractivity contribution in [3.05, 3.63) is 70.5 Å². The summed E-state index contributed by atoms with van der Waals surface area (Å²) in [6.07, 6.45) is 3.18. The summed E-state index contributed by atoms with van der Waals surface area (Å²) in [4.78, 5) is 0. The molecule has 0 aliphatic carbocycles. The van der Waals surface area contributed by atoms with Gasteiger partial charge in [-0.05, 0) is 35.7 Å². The first kappa shape index (κ1) is 18.8. The smallest absolute Gasteiger partial charge is 0.191 e. The van der Waals surface area contributed by atoms with E-state index in [4.69, 9.17) is 17.3 Å². The second-order valence-corrected chi connectivity index (χ2v) is 7.56. The molecule has 3 rings (SSSR count). The van der Waals surface area contributed by atoms with Crippen molar-refractivity contribution in [2.45, 2.75) is 43.6 Å². The van der Waals surface area contributed by atoms with E-state index in [2.05, 4.69) is 33.8 Å². The van der Waals surface area contributed by atoms with E-state index in [0.717, 1.165) is 58.8 Å². The van der Waals surface area contributed by atoms with Crippen molar-refractivity contribution in [2.75, 3.05) is 5.73 Å². The number of anilines is 1. The van der Waals surface area contributed by atoms with Gasteiger partial charge in [0.25, 0.3) is 0 Å². The number of nitrogens with two attached hydrogens (primary N) is 1. The molecule has 4 nitrogen and oxygen atoms in total. The zero-order valence-electron chi connectivity index (χ0n) is 14.9. The number of nitrogens with zero attached hydrogens (tertiary/aromatic N) is 3. The van der Waals surface area contributed by atoms with Gasteiger partial charge in [0.05, 0.1) is 6.54 Å². The van der Waals surface area contributed by atoms with E-state index in [1.165, 1.54) is 5.56 Å². The summed E-state index contributed by atoms with van der Waals surface area (Å²) in [6, 6.07) is 15.9. The molecule has 0 unspecified atom stereocenters. The third kappa shape index (κ3) is 4.80. The van der Waals surface area contributed by atoms with Crippen LogP contribution in [-0.4, -0.2) is 14.8 Å². The molecule has 26 heavy (non-hydrogen) atoms. The van der Waals surface area contributed by atoms with Crippen LogP contribution in [0.25, 0.3) is 0 Å². The molecule has 0 atom stereocenters. The number of aryl methyl sites for hydroxylation is 1. The van der Waals surface area contributed by atoms with Crippen LogP contribution in [0.5, 0.6) is 0 Å². The van der Waals surface area contributed by atoms with Crippen LogP contribution >= 0.6 is 23.4 Å². The standard InChI is InChI=1S/C20H23ClN4S/c1-2-3-8-19-23-24-20(26-14-16-6-4-5-7-18(16)21)25(19)13-15-9-11-17(22)12-10-15/h4-7,9-12H,2-3,8,13-14,22H2,1H3. The van der Waals surface area contributed by atoms with Gasteiger partial charge in [-0.15, -0.1) is 10.2 Å². The summed E-state index contributed by atoms with van der Waals surface area (Å²) in [5.41, 5.74) is 8.88. The Kier molecular flexibility index (Phi) is 6.58. The van der Waals surface area contributed by atoms with Gasteiger partial charge in [-0.1, -0.05) is 67.0 Å². The Morgan fingerprint density at radius 1 is 1.08 bits per heavy atom. The van der Waals surface area contributed by atoms with Crippen molar-refractivity contribution < 1.29 is 0 Å². The Morgan fingerprint density at radius 3 is 2.58 bits per heavy atom. The highest BCUT2D eigenvalue weighted by Gasteiger charge is 2.13. The summed E-state index contributed by atoms with van der Waals surface area (Å²) in [7, 11) is 0. The van der Waals surface area contributed by atoms with Crippen LogP contribution in [0.1, 0.15) is 36.7 Å². The van der Waals surface area contributed by atoms with Crippen LogP contribution in [0.2, 0.25) is 5.02 Å². The summed E-state index contributed by atoms with van der Waals surface area (Å²) >= 11 is 7.95. The summed E-state index contributed by atoms with van der Waals surface area (Å²) < 4.78 is 2.21. The fourth-order valence-electron chi connectivity index (χ4n) is 2.67. The first-order valence-electron chi connectivity index (χ1n) is 8.80. The van der Waals surface area contributed by atoms with E-state index < -0.39 is 0 Å². The number of thioether (sulfide) groups is 1. The van der Waals surface area contributed by atoms with Crippen LogP contribution in [0.4, 0.5) is 5.69 Å². The average molecular weight is 387 g/mol. The SMILES string of the molecule is CCCCc1nnc(SCc2ccccc2Cl)n1Cc1ccc(N)cc1. The van der Waals surface area contributed by atoms with E-state index in [-0.39, 0.29) is 0 Å². The summed E-state index contributed by atoms with van der Waals surface area (Å²) in [6.45, 7) is 2.94. The predicted molar refractivity (Wildman–Crippen MR) is 110 cm³/mol. The first-order valence-corrected chi connectivity index (χ1v) is 10.2. The van der Waals surface area contributed by atoms with Crippen LogP contribution in [0, 0.1) is 0 Å². The minimum absolute atomic E-state index is 0.747. The zero-order chi connectivity index (χ0) is 18.4. The topological polar surface area (TPSA) is 56.7 Å². The molecule has 0 saturated heterocycles. The van der Waals surface area contributed by atoms with Crippen LogP contribution in [0.15, 0.2) is 53.7 Å². The van der Waals surface area contributed by atoms with E-state index in [1.807, 2.05) is 36.4 Å². The molecule has 1 aromatic heterocycles. The number of nitrogen functional groups attached to an aromatic ring is 1. The molecule has 0 radical (unpaired) electrons. The van der Waals surface area contributed by atoms with Crippen LogP contribution in [-0.2, 0) is 18.7 Å².